The summed E-state index contributed by atoms with van der Waals surface area (Å²) in [5, 5.41) is 2.66. The molecular weight excluding hydrogens is 392 g/mol. The fourth-order valence-corrected chi connectivity index (χ4v) is 5.58. The normalized spacial score (nSPS) is 22.6. The van der Waals surface area contributed by atoms with Gasteiger partial charge >= 0.3 is 0 Å². The van der Waals surface area contributed by atoms with Gasteiger partial charge in [-0.1, -0.05) is 6.07 Å². The Kier molecular flexibility index (Phi) is 6.48. The number of carbonyl (C=O) groups is 2. The van der Waals surface area contributed by atoms with Crippen LogP contribution in [0.4, 0.5) is 5.69 Å². The van der Waals surface area contributed by atoms with E-state index in [-0.39, 0.29) is 23.6 Å². The van der Waals surface area contributed by atoms with Gasteiger partial charge in [-0.3, -0.25) is 18.8 Å². The molecule has 0 aliphatic carbocycles. The zero-order valence-corrected chi connectivity index (χ0v) is 18.1. The molecule has 3 rings (SSSR count). The summed E-state index contributed by atoms with van der Waals surface area (Å²) in [6.07, 6.45) is 1.46. The summed E-state index contributed by atoms with van der Waals surface area (Å²) >= 11 is 0. The fraction of sp³-hybridized carbons (Fsp3) is 0.600. The Morgan fingerprint density at radius 2 is 1.90 bits per heavy atom. The molecule has 2 aliphatic rings. The third-order valence-corrected chi connectivity index (χ3v) is 7.55. The van der Waals surface area contributed by atoms with Crippen LogP contribution >= 0.6 is 0 Å². The average Bonchev–Trinajstić information content (AvgIpc) is 2.71. The van der Waals surface area contributed by atoms with Crippen LogP contribution in [0.25, 0.3) is 0 Å². The lowest BCUT2D eigenvalue weighted by Gasteiger charge is -2.42. The number of piperazine rings is 1. The zero-order valence-electron chi connectivity index (χ0n) is 17.3. The molecule has 0 saturated carbocycles. The second-order valence-electron chi connectivity index (χ2n) is 7.86. The van der Waals surface area contributed by atoms with Gasteiger partial charge in [0.25, 0.3) is 5.91 Å². The Balaban J connectivity index is 1.86. The van der Waals surface area contributed by atoms with Crippen molar-refractivity contribution in [2.45, 2.75) is 38.8 Å². The van der Waals surface area contributed by atoms with Crippen molar-refractivity contribution in [2.75, 3.05) is 43.3 Å². The minimum absolute atomic E-state index is 0.126. The van der Waals surface area contributed by atoms with Gasteiger partial charge in [0.15, 0.2) is 0 Å². The zero-order chi connectivity index (χ0) is 21.2. The first-order chi connectivity index (χ1) is 13.7. The van der Waals surface area contributed by atoms with Gasteiger partial charge in [0.1, 0.15) is 6.04 Å². The van der Waals surface area contributed by atoms with Crippen molar-refractivity contribution in [1.82, 2.24) is 15.1 Å². The minimum Gasteiger partial charge on any atom is -0.357 e. The van der Waals surface area contributed by atoms with E-state index in [2.05, 4.69) is 24.1 Å². The second-order valence-corrected chi connectivity index (χ2v) is 9.88. The largest absolute Gasteiger partial charge is 0.357 e. The number of nitrogens with zero attached hydrogens (tertiary/aromatic N) is 3. The molecule has 1 N–H and O–H groups in total. The number of anilines is 1. The Labute approximate surface area is 172 Å². The first kappa shape index (κ1) is 21.6. The summed E-state index contributed by atoms with van der Waals surface area (Å²) in [5.41, 5.74) is 0.906. The lowest BCUT2D eigenvalue weighted by Crippen LogP contribution is -2.61. The van der Waals surface area contributed by atoms with Crippen molar-refractivity contribution in [1.29, 1.82) is 0 Å². The Morgan fingerprint density at radius 3 is 2.55 bits per heavy atom. The molecule has 9 heteroatoms. The van der Waals surface area contributed by atoms with Crippen LogP contribution in [0.3, 0.4) is 0 Å². The maximum atomic E-state index is 13.3. The van der Waals surface area contributed by atoms with E-state index in [9.17, 15) is 18.0 Å². The average molecular weight is 423 g/mol. The van der Waals surface area contributed by atoms with Crippen LogP contribution in [0.2, 0.25) is 0 Å². The molecule has 1 aromatic rings. The number of amides is 2. The number of hydrogen-bond donors (Lipinski definition) is 1. The first-order valence-electron chi connectivity index (χ1n) is 10.1. The molecule has 2 amide bonds. The van der Waals surface area contributed by atoms with Crippen LogP contribution in [0.15, 0.2) is 24.3 Å². The van der Waals surface area contributed by atoms with E-state index in [1.54, 1.807) is 36.2 Å². The maximum absolute atomic E-state index is 13.3. The Morgan fingerprint density at radius 1 is 1.14 bits per heavy atom. The molecule has 2 fully saturated rings. The molecule has 2 saturated heterocycles. The smallest absolute Gasteiger partial charge is 0.254 e. The van der Waals surface area contributed by atoms with Crippen LogP contribution in [0.1, 0.15) is 37.0 Å². The quantitative estimate of drug-likeness (QED) is 0.779. The van der Waals surface area contributed by atoms with Crippen LogP contribution < -0.4 is 9.62 Å². The summed E-state index contributed by atoms with van der Waals surface area (Å²) in [4.78, 5) is 29.5. The number of nitrogens with one attached hydrogen (secondary N) is 1. The lowest BCUT2D eigenvalue weighted by atomic mass is 10.1. The van der Waals surface area contributed by atoms with Crippen LogP contribution in [0, 0.1) is 0 Å². The predicted octanol–water partition coefficient (Wildman–Crippen LogP) is 0.897. The number of rotatable bonds is 4. The molecule has 0 spiro atoms. The molecule has 0 radical (unpaired) electrons. The molecule has 0 bridgehead atoms. The van der Waals surface area contributed by atoms with E-state index in [0.29, 0.717) is 43.9 Å². The van der Waals surface area contributed by atoms with Gasteiger partial charge in [-0.25, -0.2) is 8.42 Å². The van der Waals surface area contributed by atoms with Crippen molar-refractivity contribution < 1.29 is 18.0 Å². The number of sulfonamides is 1. The van der Waals surface area contributed by atoms with Crippen LogP contribution in [-0.2, 0) is 14.8 Å². The van der Waals surface area contributed by atoms with Crippen molar-refractivity contribution >= 4 is 27.5 Å². The highest BCUT2D eigenvalue weighted by Gasteiger charge is 2.36. The van der Waals surface area contributed by atoms with Crippen molar-refractivity contribution in [3.05, 3.63) is 29.8 Å². The highest BCUT2D eigenvalue weighted by molar-refractivity contribution is 7.92. The van der Waals surface area contributed by atoms with Gasteiger partial charge in [-0.2, -0.15) is 0 Å². The van der Waals surface area contributed by atoms with Gasteiger partial charge in [-0.15, -0.1) is 0 Å². The highest BCUT2D eigenvalue weighted by atomic mass is 32.2. The lowest BCUT2D eigenvalue weighted by molar-refractivity contribution is -0.127. The number of likely N-dealkylation sites (N-methyl/N-ethyl adjacent to an activating group) is 1. The molecule has 1 atom stereocenters. The minimum atomic E-state index is -3.35. The Hall–Kier alpha value is -2.13. The highest BCUT2D eigenvalue weighted by Crippen LogP contribution is 2.25. The number of carbonyl (C=O) groups excluding carboxylic acids is 2. The predicted molar refractivity (Wildman–Crippen MR) is 112 cm³/mol. The van der Waals surface area contributed by atoms with E-state index < -0.39 is 16.1 Å². The molecule has 0 aromatic heterocycles. The summed E-state index contributed by atoms with van der Waals surface area (Å²) in [7, 11) is -1.78. The topological polar surface area (TPSA) is 90.0 Å². The first-order valence-corrected chi connectivity index (χ1v) is 11.7. The molecule has 2 aliphatic heterocycles. The summed E-state index contributed by atoms with van der Waals surface area (Å²) in [6.45, 7) is 6.18. The molecule has 29 heavy (non-hydrogen) atoms. The van der Waals surface area contributed by atoms with E-state index in [0.717, 1.165) is 6.42 Å². The number of hydrogen-bond acceptors (Lipinski definition) is 5. The van der Waals surface area contributed by atoms with Gasteiger partial charge in [0.05, 0.1) is 11.4 Å². The van der Waals surface area contributed by atoms with Gasteiger partial charge < -0.3 is 10.2 Å². The van der Waals surface area contributed by atoms with E-state index in [4.69, 9.17) is 0 Å². The third kappa shape index (κ3) is 4.56. The van der Waals surface area contributed by atoms with E-state index >= 15 is 0 Å². The molecular formula is C20H30N4O4S. The van der Waals surface area contributed by atoms with Crippen LogP contribution in [0.5, 0.6) is 0 Å². The van der Waals surface area contributed by atoms with E-state index in [1.807, 2.05) is 0 Å². The van der Waals surface area contributed by atoms with Crippen molar-refractivity contribution in [3.8, 4) is 0 Å². The van der Waals surface area contributed by atoms with Gasteiger partial charge in [0.2, 0.25) is 15.9 Å². The van der Waals surface area contributed by atoms with Crippen molar-refractivity contribution in [3.63, 3.8) is 0 Å². The summed E-state index contributed by atoms with van der Waals surface area (Å²) < 4.78 is 26.2. The monoisotopic (exact) mass is 422 g/mol. The fourth-order valence-electron chi connectivity index (χ4n) is 3.95. The molecule has 1 aromatic carbocycles. The van der Waals surface area contributed by atoms with Gasteiger partial charge in [0, 0.05) is 44.8 Å². The summed E-state index contributed by atoms with van der Waals surface area (Å²) in [6, 6.07) is 6.43. The third-order valence-electron chi connectivity index (χ3n) is 5.68. The molecule has 2 heterocycles. The standard InChI is InChI=1S/C20H30N4O4S/c1-15(2)22-10-11-23(18(14-22)19(25)21-3)20(26)16-7-6-8-17(13-16)24-9-4-5-12-29(24,27)28/h6-8,13,15,18H,4-5,9-12,14H2,1-3H3,(H,21,25). The SMILES string of the molecule is CNC(=O)C1CN(C(C)C)CCN1C(=O)c1cccc(N2CCCCS2(=O)=O)c1. The second kappa shape index (κ2) is 8.71. The van der Waals surface area contributed by atoms with Gasteiger partial charge in [-0.05, 0) is 44.9 Å². The number of benzene rings is 1. The Bertz CT molecular complexity index is 871. The maximum Gasteiger partial charge on any atom is 0.254 e. The summed E-state index contributed by atoms with van der Waals surface area (Å²) in [5.74, 6) is -0.321. The van der Waals surface area contributed by atoms with Crippen molar-refractivity contribution in [2.24, 2.45) is 0 Å². The van der Waals surface area contributed by atoms with Crippen LogP contribution in [-0.4, -0.2) is 81.1 Å². The molecule has 160 valence electrons. The molecule has 1 unspecified atom stereocenters. The molecule has 8 nitrogen and oxygen atoms in total. The van der Waals surface area contributed by atoms with E-state index in [1.165, 1.54) is 4.31 Å².